The van der Waals surface area contributed by atoms with Crippen molar-refractivity contribution < 1.29 is 13.9 Å². The van der Waals surface area contributed by atoms with E-state index in [0.29, 0.717) is 30.5 Å². The fourth-order valence-electron chi connectivity index (χ4n) is 3.60. The Labute approximate surface area is 180 Å². The van der Waals surface area contributed by atoms with Crippen LogP contribution in [0, 0.1) is 5.82 Å². The van der Waals surface area contributed by atoms with Gasteiger partial charge in [0.2, 0.25) is 5.91 Å². The first-order valence-electron chi connectivity index (χ1n) is 9.83. The first-order chi connectivity index (χ1) is 14.6. The van der Waals surface area contributed by atoms with E-state index >= 15 is 0 Å². The zero-order valence-corrected chi connectivity index (χ0v) is 17.1. The zero-order chi connectivity index (χ0) is 20.9. The topological polar surface area (TPSA) is 41.6 Å². The summed E-state index contributed by atoms with van der Waals surface area (Å²) < 4.78 is 19.5. The number of hydrogen-bond acceptors (Lipinski definition) is 3. The van der Waals surface area contributed by atoms with Gasteiger partial charge in [-0.15, -0.1) is 0 Å². The Hall–Kier alpha value is -3.05. The van der Waals surface area contributed by atoms with Crippen LogP contribution in [0.2, 0.25) is 5.02 Å². The molecular formula is C24H22ClFN2O2. The van der Waals surface area contributed by atoms with E-state index in [-0.39, 0.29) is 24.2 Å². The lowest BCUT2D eigenvalue weighted by atomic mass is 10.1. The Morgan fingerprint density at radius 2 is 1.87 bits per heavy atom. The van der Waals surface area contributed by atoms with Crippen molar-refractivity contribution in [3.8, 4) is 5.75 Å². The molecule has 0 saturated carbocycles. The molecule has 0 saturated heterocycles. The van der Waals surface area contributed by atoms with Crippen molar-refractivity contribution in [2.75, 3.05) is 11.5 Å². The summed E-state index contributed by atoms with van der Waals surface area (Å²) in [6.45, 7) is 1.28. The van der Waals surface area contributed by atoms with Crippen LogP contribution in [-0.4, -0.2) is 18.6 Å². The maximum Gasteiger partial charge on any atom is 0.222 e. The summed E-state index contributed by atoms with van der Waals surface area (Å²) >= 11 is 6.17. The van der Waals surface area contributed by atoms with Crippen LogP contribution in [0.15, 0.2) is 72.8 Å². The number of nitrogens with zero attached hydrogens (tertiary/aromatic N) is 1. The summed E-state index contributed by atoms with van der Waals surface area (Å²) in [7, 11) is 0. The monoisotopic (exact) mass is 424 g/mol. The summed E-state index contributed by atoms with van der Waals surface area (Å²) in [4.78, 5) is 14.8. The maximum absolute atomic E-state index is 13.7. The SMILES string of the molecule is O=C(C[C@H]1COc2cc(F)ccc2N1Cc1ccccc1)NCc1ccccc1Cl. The van der Waals surface area contributed by atoms with Gasteiger partial charge in [0.15, 0.2) is 0 Å². The van der Waals surface area contributed by atoms with E-state index in [2.05, 4.69) is 10.2 Å². The summed E-state index contributed by atoms with van der Waals surface area (Å²) in [5, 5.41) is 3.56. The molecule has 6 heteroatoms. The van der Waals surface area contributed by atoms with Crippen molar-refractivity contribution in [2.45, 2.75) is 25.6 Å². The molecule has 1 aliphatic heterocycles. The quantitative estimate of drug-likeness (QED) is 0.608. The van der Waals surface area contributed by atoms with Gasteiger partial charge in [0.25, 0.3) is 0 Å². The molecule has 0 fully saturated rings. The number of amides is 1. The number of anilines is 1. The Balaban J connectivity index is 1.49. The van der Waals surface area contributed by atoms with Gasteiger partial charge in [0.1, 0.15) is 18.2 Å². The number of carbonyl (C=O) groups is 1. The molecule has 154 valence electrons. The van der Waals surface area contributed by atoms with E-state index < -0.39 is 0 Å². The lowest BCUT2D eigenvalue weighted by Crippen LogP contribution is -2.45. The number of fused-ring (bicyclic) bond motifs is 1. The third-order valence-electron chi connectivity index (χ3n) is 5.15. The number of ether oxygens (including phenoxy) is 1. The van der Waals surface area contributed by atoms with Crippen LogP contribution >= 0.6 is 11.6 Å². The van der Waals surface area contributed by atoms with Crippen LogP contribution < -0.4 is 15.0 Å². The molecule has 30 heavy (non-hydrogen) atoms. The average molecular weight is 425 g/mol. The average Bonchev–Trinajstić information content (AvgIpc) is 2.75. The number of rotatable bonds is 6. The summed E-state index contributed by atoms with van der Waals surface area (Å²) in [6, 6.07) is 21.8. The van der Waals surface area contributed by atoms with Crippen molar-refractivity contribution >= 4 is 23.2 Å². The van der Waals surface area contributed by atoms with Crippen LogP contribution in [0.3, 0.4) is 0 Å². The highest BCUT2D eigenvalue weighted by atomic mass is 35.5. The molecule has 0 aliphatic carbocycles. The molecule has 3 aromatic carbocycles. The fourth-order valence-corrected chi connectivity index (χ4v) is 3.80. The van der Waals surface area contributed by atoms with Gasteiger partial charge in [-0.05, 0) is 29.3 Å². The summed E-state index contributed by atoms with van der Waals surface area (Å²) in [5.74, 6) is 0.0649. The van der Waals surface area contributed by atoms with Crippen LogP contribution in [0.25, 0.3) is 0 Å². The molecule has 1 aliphatic rings. The van der Waals surface area contributed by atoms with Gasteiger partial charge >= 0.3 is 0 Å². The highest BCUT2D eigenvalue weighted by Crippen LogP contribution is 2.36. The van der Waals surface area contributed by atoms with Gasteiger partial charge in [-0.1, -0.05) is 60.1 Å². The van der Waals surface area contributed by atoms with Crippen molar-refractivity contribution in [3.05, 3.63) is 94.8 Å². The second kappa shape index (κ2) is 9.18. The highest BCUT2D eigenvalue weighted by Gasteiger charge is 2.29. The zero-order valence-electron chi connectivity index (χ0n) is 16.4. The molecule has 0 spiro atoms. The summed E-state index contributed by atoms with van der Waals surface area (Å²) in [6.07, 6.45) is 0.258. The highest BCUT2D eigenvalue weighted by molar-refractivity contribution is 6.31. The molecule has 1 heterocycles. The van der Waals surface area contributed by atoms with E-state index in [1.54, 1.807) is 12.1 Å². The molecule has 0 aromatic heterocycles. The Bertz CT molecular complexity index is 1030. The van der Waals surface area contributed by atoms with Gasteiger partial charge in [-0.2, -0.15) is 0 Å². The van der Waals surface area contributed by atoms with Crippen molar-refractivity contribution in [3.63, 3.8) is 0 Å². The van der Waals surface area contributed by atoms with Gasteiger partial charge in [0.05, 0.1) is 18.2 Å². The third kappa shape index (κ3) is 4.74. The molecule has 1 N–H and O–H groups in total. The molecular weight excluding hydrogens is 403 g/mol. The van der Waals surface area contributed by atoms with Crippen LogP contribution in [0.5, 0.6) is 5.75 Å². The van der Waals surface area contributed by atoms with E-state index in [4.69, 9.17) is 16.3 Å². The van der Waals surface area contributed by atoms with Gasteiger partial charge in [0, 0.05) is 24.2 Å². The predicted molar refractivity (Wildman–Crippen MR) is 116 cm³/mol. The number of halogens is 2. The van der Waals surface area contributed by atoms with Crippen LogP contribution in [-0.2, 0) is 17.9 Å². The van der Waals surface area contributed by atoms with Crippen molar-refractivity contribution in [2.24, 2.45) is 0 Å². The standard InChI is InChI=1S/C24H22ClFN2O2/c25-21-9-5-4-8-18(21)14-27-24(29)13-20-16-30-23-12-19(26)10-11-22(23)28(20)15-17-6-2-1-3-7-17/h1-12,20H,13-16H2,(H,27,29)/t20-/m0/s1. The minimum absolute atomic E-state index is 0.0906. The van der Waals surface area contributed by atoms with Crippen molar-refractivity contribution in [1.82, 2.24) is 5.32 Å². The maximum atomic E-state index is 13.7. The van der Waals surface area contributed by atoms with Crippen LogP contribution in [0.1, 0.15) is 17.5 Å². The molecule has 4 nitrogen and oxygen atoms in total. The van der Waals surface area contributed by atoms with Gasteiger partial charge in [-0.25, -0.2) is 4.39 Å². The number of benzene rings is 3. The van der Waals surface area contributed by atoms with Crippen LogP contribution in [0.4, 0.5) is 10.1 Å². The molecule has 4 rings (SSSR count). The Morgan fingerprint density at radius 3 is 2.67 bits per heavy atom. The first-order valence-corrected chi connectivity index (χ1v) is 10.2. The third-order valence-corrected chi connectivity index (χ3v) is 5.52. The lowest BCUT2D eigenvalue weighted by molar-refractivity contribution is -0.121. The largest absolute Gasteiger partial charge is 0.489 e. The molecule has 0 radical (unpaired) electrons. The predicted octanol–water partition coefficient (Wildman–Crippen LogP) is 4.95. The Kier molecular flexibility index (Phi) is 6.19. The molecule has 1 atom stereocenters. The van der Waals surface area contributed by atoms with Gasteiger partial charge in [-0.3, -0.25) is 4.79 Å². The van der Waals surface area contributed by atoms with Gasteiger partial charge < -0.3 is 15.0 Å². The van der Waals surface area contributed by atoms with E-state index in [0.717, 1.165) is 16.8 Å². The minimum Gasteiger partial charge on any atom is -0.489 e. The molecule has 0 bridgehead atoms. The Morgan fingerprint density at radius 1 is 1.10 bits per heavy atom. The van der Waals surface area contributed by atoms with E-state index in [1.165, 1.54) is 12.1 Å². The van der Waals surface area contributed by atoms with E-state index in [9.17, 15) is 9.18 Å². The summed E-state index contributed by atoms with van der Waals surface area (Å²) in [5.41, 5.74) is 2.76. The van der Waals surface area contributed by atoms with E-state index in [1.807, 2.05) is 48.5 Å². The smallest absolute Gasteiger partial charge is 0.222 e. The minimum atomic E-state index is -0.343. The normalized spacial score (nSPS) is 15.3. The molecule has 0 unspecified atom stereocenters. The first kappa shape index (κ1) is 20.2. The number of hydrogen-bond donors (Lipinski definition) is 1. The lowest BCUT2D eigenvalue weighted by Gasteiger charge is -2.38. The second-order valence-electron chi connectivity index (χ2n) is 7.26. The second-order valence-corrected chi connectivity index (χ2v) is 7.67. The molecule has 3 aromatic rings. The number of carbonyl (C=O) groups excluding carboxylic acids is 1. The number of nitrogens with one attached hydrogen (secondary N) is 1. The fraction of sp³-hybridized carbons (Fsp3) is 0.208. The molecule has 1 amide bonds. The van der Waals surface area contributed by atoms with Crippen molar-refractivity contribution in [1.29, 1.82) is 0 Å².